The van der Waals surface area contributed by atoms with Crippen LogP contribution in [0.25, 0.3) is 11.1 Å². The highest BCUT2D eigenvalue weighted by Crippen LogP contribution is 2.26. The standard InChI is InChI=1S/C30H29FN2O/c1-23(27-17-18-28(29(31)19-27)26-15-9-4-10-16-26)30(34)32-22-33(20-24-11-5-2-6-12-24)21-25-13-7-3-8-14-25/h2-19,23H,20-22H2,1H3,(H,32,34). The summed E-state index contributed by atoms with van der Waals surface area (Å²) >= 11 is 0. The molecule has 172 valence electrons. The van der Waals surface area contributed by atoms with Gasteiger partial charge in [0.15, 0.2) is 0 Å². The topological polar surface area (TPSA) is 32.3 Å². The smallest absolute Gasteiger partial charge is 0.228 e. The molecule has 0 aromatic heterocycles. The van der Waals surface area contributed by atoms with E-state index >= 15 is 0 Å². The molecule has 1 atom stereocenters. The van der Waals surface area contributed by atoms with Gasteiger partial charge in [0, 0.05) is 18.7 Å². The van der Waals surface area contributed by atoms with E-state index in [1.807, 2.05) is 79.7 Å². The van der Waals surface area contributed by atoms with Crippen molar-refractivity contribution in [2.75, 3.05) is 6.67 Å². The molecule has 0 saturated carbocycles. The van der Waals surface area contributed by atoms with Crippen LogP contribution in [0.5, 0.6) is 0 Å². The molecule has 0 saturated heterocycles. The summed E-state index contributed by atoms with van der Waals surface area (Å²) in [4.78, 5) is 15.1. The van der Waals surface area contributed by atoms with Crippen molar-refractivity contribution in [2.45, 2.75) is 25.9 Å². The maximum atomic E-state index is 14.8. The molecule has 4 aromatic carbocycles. The molecule has 1 amide bonds. The van der Waals surface area contributed by atoms with Crippen LogP contribution in [0.4, 0.5) is 4.39 Å². The van der Waals surface area contributed by atoms with E-state index in [2.05, 4.69) is 34.5 Å². The summed E-state index contributed by atoms with van der Waals surface area (Å²) in [5.74, 6) is -0.911. The Kier molecular flexibility index (Phi) is 7.84. The minimum absolute atomic E-state index is 0.127. The normalized spacial score (nSPS) is 11.9. The van der Waals surface area contributed by atoms with Crippen molar-refractivity contribution in [3.63, 3.8) is 0 Å². The second-order valence-electron chi connectivity index (χ2n) is 8.48. The van der Waals surface area contributed by atoms with Gasteiger partial charge in [-0.2, -0.15) is 0 Å². The Hall–Kier alpha value is -3.76. The van der Waals surface area contributed by atoms with E-state index in [-0.39, 0.29) is 11.7 Å². The number of carbonyl (C=O) groups is 1. The van der Waals surface area contributed by atoms with Crippen LogP contribution in [0.1, 0.15) is 29.5 Å². The lowest BCUT2D eigenvalue weighted by Gasteiger charge is -2.24. The van der Waals surface area contributed by atoms with Crippen molar-refractivity contribution >= 4 is 5.91 Å². The third-order valence-electron chi connectivity index (χ3n) is 5.95. The summed E-state index contributed by atoms with van der Waals surface area (Å²) in [7, 11) is 0. The maximum absolute atomic E-state index is 14.8. The van der Waals surface area contributed by atoms with Crippen LogP contribution in [0.3, 0.4) is 0 Å². The number of hydrogen-bond acceptors (Lipinski definition) is 2. The summed E-state index contributed by atoms with van der Waals surface area (Å²) in [6.07, 6.45) is 0. The van der Waals surface area contributed by atoms with E-state index in [1.165, 1.54) is 17.2 Å². The minimum atomic E-state index is -0.463. The van der Waals surface area contributed by atoms with Crippen molar-refractivity contribution in [1.29, 1.82) is 0 Å². The molecule has 0 aliphatic heterocycles. The van der Waals surface area contributed by atoms with Crippen LogP contribution >= 0.6 is 0 Å². The Morgan fingerprint density at radius 3 is 1.85 bits per heavy atom. The average molecular weight is 453 g/mol. The van der Waals surface area contributed by atoms with E-state index in [9.17, 15) is 9.18 Å². The van der Waals surface area contributed by atoms with Gasteiger partial charge in [-0.1, -0.05) is 103 Å². The molecular formula is C30H29FN2O. The lowest BCUT2D eigenvalue weighted by molar-refractivity contribution is -0.123. The first-order valence-electron chi connectivity index (χ1n) is 11.5. The van der Waals surface area contributed by atoms with Gasteiger partial charge in [-0.05, 0) is 35.2 Å². The number of benzene rings is 4. The van der Waals surface area contributed by atoms with Gasteiger partial charge in [0.1, 0.15) is 5.82 Å². The van der Waals surface area contributed by atoms with E-state index < -0.39 is 5.92 Å². The van der Waals surface area contributed by atoms with Gasteiger partial charge in [0.2, 0.25) is 5.91 Å². The molecular weight excluding hydrogens is 423 g/mol. The fourth-order valence-corrected chi connectivity index (χ4v) is 4.00. The van der Waals surface area contributed by atoms with Gasteiger partial charge in [0.05, 0.1) is 12.6 Å². The SMILES string of the molecule is CC(C(=O)NCN(Cc1ccccc1)Cc1ccccc1)c1ccc(-c2ccccc2)c(F)c1. The Morgan fingerprint density at radius 1 is 0.794 bits per heavy atom. The van der Waals surface area contributed by atoms with Crippen LogP contribution in [-0.2, 0) is 17.9 Å². The fourth-order valence-electron chi connectivity index (χ4n) is 4.00. The van der Waals surface area contributed by atoms with Crippen molar-refractivity contribution < 1.29 is 9.18 Å². The van der Waals surface area contributed by atoms with E-state index in [0.717, 1.165) is 5.56 Å². The highest BCUT2D eigenvalue weighted by molar-refractivity contribution is 5.83. The predicted molar refractivity (Wildman–Crippen MR) is 135 cm³/mol. The molecule has 0 radical (unpaired) electrons. The average Bonchev–Trinajstić information content (AvgIpc) is 2.88. The van der Waals surface area contributed by atoms with Gasteiger partial charge >= 0.3 is 0 Å². The summed E-state index contributed by atoms with van der Waals surface area (Å²) in [5.41, 5.74) is 4.38. The zero-order valence-electron chi connectivity index (χ0n) is 19.3. The number of hydrogen-bond donors (Lipinski definition) is 1. The number of amides is 1. The summed E-state index contributed by atoms with van der Waals surface area (Å²) in [6, 6.07) is 34.9. The molecule has 0 fully saturated rings. The van der Waals surface area contributed by atoms with Gasteiger partial charge in [-0.25, -0.2) is 4.39 Å². The summed E-state index contributed by atoms with van der Waals surface area (Å²) in [5, 5.41) is 3.05. The molecule has 0 bridgehead atoms. The largest absolute Gasteiger partial charge is 0.343 e. The lowest BCUT2D eigenvalue weighted by atomic mass is 9.96. The predicted octanol–water partition coefficient (Wildman–Crippen LogP) is 6.37. The van der Waals surface area contributed by atoms with Crippen LogP contribution in [0.2, 0.25) is 0 Å². The van der Waals surface area contributed by atoms with Crippen molar-refractivity contribution in [2.24, 2.45) is 0 Å². The molecule has 34 heavy (non-hydrogen) atoms. The number of carbonyl (C=O) groups excluding carboxylic acids is 1. The molecule has 4 heteroatoms. The van der Waals surface area contributed by atoms with Crippen LogP contribution in [0.15, 0.2) is 109 Å². The fraction of sp³-hybridized carbons (Fsp3) is 0.167. The van der Waals surface area contributed by atoms with E-state index in [1.54, 1.807) is 6.07 Å². The Bertz CT molecular complexity index is 1150. The van der Waals surface area contributed by atoms with Crippen LogP contribution < -0.4 is 5.32 Å². The maximum Gasteiger partial charge on any atom is 0.228 e. The summed E-state index contributed by atoms with van der Waals surface area (Å²) in [6.45, 7) is 3.64. The zero-order chi connectivity index (χ0) is 23.8. The van der Waals surface area contributed by atoms with E-state index in [0.29, 0.717) is 30.9 Å². The third kappa shape index (κ3) is 6.18. The number of nitrogens with one attached hydrogen (secondary N) is 1. The Balaban J connectivity index is 1.42. The number of halogens is 1. The van der Waals surface area contributed by atoms with Crippen molar-refractivity contribution in [3.8, 4) is 11.1 Å². The zero-order valence-corrected chi connectivity index (χ0v) is 19.3. The van der Waals surface area contributed by atoms with Crippen molar-refractivity contribution in [3.05, 3.63) is 132 Å². The molecule has 0 spiro atoms. The minimum Gasteiger partial charge on any atom is -0.343 e. The van der Waals surface area contributed by atoms with E-state index in [4.69, 9.17) is 0 Å². The molecule has 4 aromatic rings. The highest BCUT2D eigenvalue weighted by Gasteiger charge is 2.18. The first-order valence-corrected chi connectivity index (χ1v) is 11.5. The quantitative estimate of drug-likeness (QED) is 0.299. The first kappa shape index (κ1) is 23.4. The van der Waals surface area contributed by atoms with Crippen molar-refractivity contribution in [1.82, 2.24) is 10.2 Å². The molecule has 0 aliphatic rings. The third-order valence-corrected chi connectivity index (χ3v) is 5.95. The van der Waals surface area contributed by atoms with Gasteiger partial charge in [0.25, 0.3) is 0 Å². The Labute approximate surface area is 200 Å². The highest BCUT2D eigenvalue weighted by atomic mass is 19.1. The molecule has 4 rings (SSSR count). The van der Waals surface area contributed by atoms with Gasteiger partial charge in [-0.15, -0.1) is 0 Å². The lowest BCUT2D eigenvalue weighted by Crippen LogP contribution is -2.38. The summed E-state index contributed by atoms with van der Waals surface area (Å²) < 4.78 is 14.8. The molecule has 1 unspecified atom stereocenters. The first-order chi connectivity index (χ1) is 16.6. The van der Waals surface area contributed by atoms with Crippen LogP contribution in [0, 0.1) is 5.82 Å². The Morgan fingerprint density at radius 2 is 1.32 bits per heavy atom. The monoisotopic (exact) mass is 452 g/mol. The number of nitrogens with zero attached hydrogens (tertiary/aromatic N) is 1. The van der Waals surface area contributed by atoms with Crippen LogP contribution in [-0.4, -0.2) is 17.5 Å². The molecule has 1 N–H and O–H groups in total. The second kappa shape index (κ2) is 11.4. The molecule has 3 nitrogen and oxygen atoms in total. The molecule has 0 heterocycles. The second-order valence-corrected chi connectivity index (χ2v) is 8.48. The van der Waals surface area contributed by atoms with Gasteiger partial charge < -0.3 is 5.32 Å². The van der Waals surface area contributed by atoms with Gasteiger partial charge in [-0.3, -0.25) is 9.69 Å². The number of rotatable bonds is 9. The molecule has 0 aliphatic carbocycles.